The quantitative estimate of drug-likeness (QED) is 0.612. The standard InChI is InChI=1S/C22H19ClFN3O3/c23-16-10-15(11-17(24)12-16)6-7-20(28)22(30)8-9-26(21(22)29)19-13-25-27(14-19)18-4-2-1-3-5-18/h1-5,10-14,30H,6-9H2. The fourth-order valence-corrected chi connectivity index (χ4v) is 3.85. The zero-order valence-electron chi connectivity index (χ0n) is 16.0. The van der Waals surface area contributed by atoms with E-state index in [0.717, 1.165) is 5.69 Å². The van der Waals surface area contributed by atoms with Crippen LogP contribution >= 0.6 is 11.6 Å². The number of halogens is 2. The molecule has 1 aromatic heterocycles. The number of aromatic nitrogens is 2. The Morgan fingerprint density at radius 3 is 2.70 bits per heavy atom. The van der Waals surface area contributed by atoms with E-state index in [1.165, 1.54) is 23.2 Å². The molecule has 0 radical (unpaired) electrons. The first-order valence-corrected chi connectivity index (χ1v) is 9.87. The summed E-state index contributed by atoms with van der Waals surface area (Å²) in [6, 6.07) is 13.4. The zero-order valence-corrected chi connectivity index (χ0v) is 16.7. The number of benzene rings is 2. The van der Waals surface area contributed by atoms with Gasteiger partial charge in [-0.15, -0.1) is 0 Å². The van der Waals surface area contributed by atoms with Crippen molar-refractivity contribution in [3.05, 3.63) is 77.3 Å². The highest BCUT2D eigenvalue weighted by molar-refractivity contribution is 6.30. The Balaban J connectivity index is 1.46. The van der Waals surface area contributed by atoms with E-state index >= 15 is 0 Å². The summed E-state index contributed by atoms with van der Waals surface area (Å²) in [7, 11) is 0. The minimum absolute atomic E-state index is 0.00884. The maximum atomic E-state index is 13.5. The van der Waals surface area contributed by atoms with Gasteiger partial charge in [0.15, 0.2) is 5.78 Å². The molecule has 3 aromatic rings. The lowest BCUT2D eigenvalue weighted by molar-refractivity contribution is -0.147. The highest BCUT2D eigenvalue weighted by Crippen LogP contribution is 2.30. The molecule has 1 amide bonds. The second-order valence-corrected chi connectivity index (χ2v) is 7.68. The van der Waals surface area contributed by atoms with Crippen molar-refractivity contribution in [3.8, 4) is 5.69 Å². The molecule has 1 saturated heterocycles. The molecule has 0 bridgehead atoms. The van der Waals surface area contributed by atoms with Crippen LogP contribution in [0.4, 0.5) is 10.1 Å². The number of aliphatic hydroxyl groups is 1. The number of ketones is 1. The summed E-state index contributed by atoms with van der Waals surface area (Å²) in [4.78, 5) is 26.9. The third kappa shape index (κ3) is 3.86. The van der Waals surface area contributed by atoms with Gasteiger partial charge < -0.3 is 10.0 Å². The van der Waals surface area contributed by atoms with Crippen molar-refractivity contribution in [1.82, 2.24) is 9.78 Å². The van der Waals surface area contributed by atoms with Gasteiger partial charge in [0.05, 0.1) is 23.8 Å². The second-order valence-electron chi connectivity index (χ2n) is 7.25. The number of carbonyl (C=O) groups is 2. The molecule has 1 fully saturated rings. The van der Waals surface area contributed by atoms with E-state index in [4.69, 9.17) is 11.6 Å². The molecule has 2 aromatic carbocycles. The van der Waals surface area contributed by atoms with Gasteiger partial charge >= 0.3 is 0 Å². The van der Waals surface area contributed by atoms with Crippen LogP contribution in [0.25, 0.3) is 5.69 Å². The molecule has 154 valence electrons. The molecular weight excluding hydrogens is 409 g/mol. The number of aryl methyl sites for hydroxylation is 1. The Morgan fingerprint density at radius 2 is 1.97 bits per heavy atom. The van der Waals surface area contributed by atoms with Gasteiger partial charge in [0.2, 0.25) is 5.60 Å². The van der Waals surface area contributed by atoms with E-state index in [9.17, 15) is 19.1 Å². The van der Waals surface area contributed by atoms with Gasteiger partial charge in [0.25, 0.3) is 5.91 Å². The van der Waals surface area contributed by atoms with Crippen LogP contribution in [-0.2, 0) is 16.0 Å². The molecular formula is C22H19ClFN3O3. The van der Waals surface area contributed by atoms with Crippen molar-refractivity contribution in [3.63, 3.8) is 0 Å². The zero-order chi connectivity index (χ0) is 21.3. The largest absolute Gasteiger partial charge is 0.373 e. The maximum Gasteiger partial charge on any atom is 0.266 e. The average molecular weight is 428 g/mol. The van der Waals surface area contributed by atoms with E-state index in [0.29, 0.717) is 11.3 Å². The van der Waals surface area contributed by atoms with Gasteiger partial charge in [0.1, 0.15) is 5.82 Å². The molecule has 1 N–H and O–H groups in total. The topological polar surface area (TPSA) is 75.4 Å². The Bertz CT molecular complexity index is 1080. The fraction of sp³-hybridized carbons (Fsp3) is 0.227. The fourth-order valence-electron chi connectivity index (χ4n) is 3.60. The van der Waals surface area contributed by atoms with Gasteiger partial charge in [-0.05, 0) is 42.3 Å². The first kappa shape index (κ1) is 20.3. The first-order chi connectivity index (χ1) is 14.4. The number of rotatable bonds is 6. The van der Waals surface area contributed by atoms with Crippen LogP contribution in [0.3, 0.4) is 0 Å². The van der Waals surface area contributed by atoms with E-state index in [2.05, 4.69) is 5.10 Å². The van der Waals surface area contributed by atoms with E-state index in [1.54, 1.807) is 16.9 Å². The maximum absolute atomic E-state index is 13.5. The van der Waals surface area contributed by atoms with Gasteiger partial charge in [-0.1, -0.05) is 29.8 Å². The third-order valence-corrected chi connectivity index (χ3v) is 5.44. The van der Waals surface area contributed by atoms with Gasteiger partial charge in [-0.2, -0.15) is 5.10 Å². The summed E-state index contributed by atoms with van der Waals surface area (Å²) in [5.74, 6) is -1.76. The van der Waals surface area contributed by atoms with E-state index < -0.39 is 23.1 Å². The number of carbonyl (C=O) groups excluding carboxylic acids is 2. The van der Waals surface area contributed by atoms with Crippen molar-refractivity contribution in [2.75, 3.05) is 11.4 Å². The summed E-state index contributed by atoms with van der Waals surface area (Å²) >= 11 is 5.83. The number of hydrogen-bond donors (Lipinski definition) is 1. The van der Waals surface area contributed by atoms with E-state index in [-0.39, 0.29) is 30.8 Å². The summed E-state index contributed by atoms with van der Waals surface area (Å²) in [5, 5.41) is 15.3. The van der Waals surface area contributed by atoms with Crippen molar-refractivity contribution < 1.29 is 19.1 Å². The number of amides is 1. The molecule has 1 atom stereocenters. The van der Waals surface area contributed by atoms with Crippen LogP contribution in [0.1, 0.15) is 18.4 Å². The molecule has 2 heterocycles. The molecule has 0 saturated carbocycles. The predicted octanol–water partition coefficient (Wildman–Crippen LogP) is 3.33. The molecule has 4 rings (SSSR count). The summed E-state index contributed by atoms with van der Waals surface area (Å²) < 4.78 is 15.1. The number of nitrogens with zero attached hydrogens (tertiary/aromatic N) is 3. The van der Waals surface area contributed by atoms with Crippen molar-refractivity contribution in [1.29, 1.82) is 0 Å². The SMILES string of the molecule is O=C(CCc1cc(F)cc(Cl)c1)C1(O)CCN(c2cnn(-c3ccccc3)c2)C1=O. The van der Waals surface area contributed by atoms with Crippen LogP contribution in [0, 0.1) is 5.82 Å². The van der Waals surface area contributed by atoms with Crippen LogP contribution < -0.4 is 4.90 Å². The van der Waals surface area contributed by atoms with Crippen LogP contribution in [-0.4, -0.2) is 38.7 Å². The van der Waals surface area contributed by atoms with Crippen molar-refractivity contribution >= 4 is 29.0 Å². The lowest BCUT2D eigenvalue weighted by Crippen LogP contribution is -2.47. The number of hydrogen-bond acceptors (Lipinski definition) is 4. The molecule has 1 unspecified atom stereocenters. The highest BCUT2D eigenvalue weighted by Gasteiger charge is 2.51. The van der Waals surface area contributed by atoms with Crippen LogP contribution in [0.15, 0.2) is 60.9 Å². The van der Waals surface area contributed by atoms with Crippen molar-refractivity contribution in [2.45, 2.75) is 24.9 Å². The monoisotopic (exact) mass is 427 g/mol. The summed E-state index contributed by atoms with van der Waals surface area (Å²) in [6.45, 7) is 0.202. The Morgan fingerprint density at radius 1 is 1.20 bits per heavy atom. The average Bonchev–Trinajstić information content (AvgIpc) is 3.32. The van der Waals surface area contributed by atoms with Gasteiger partial charge in [-0.25, -0.2) is 9.07 Å². The lowest BCUT2D eigenvalue weighted by atomic mass is 9.92. The van der Waals surface area contributed by atoms with Crippen molar-refractivity contribution in [2.24, 2.45) is 0 Å². The Labute approximate surface area is 177 Å². The third-order valence-electron chi connectivity index (χ3n) is 5.22. The molecule has 0 spiro atoms. The normalized spacial score (nSPS) is 18.8. The second kappa shape index (κ2) is 8.01. The predicted molar refractivity (Wildman–Crippen MR) is 110 cm³/mol. The minimum Gasteiger partial charge on any atom is -0.373 e. The van der Waals surface area contributed by atoms with Crippen LogP contribution in [0.5, 0.6) is 0 Å². The minimum atomic E-state index is -2.09. The summed E-state index contributed by atoms with van der Waals surface area (Å²) in [6.07, 6.45) is 3.27. The lowest BCUT2D eigenvalue weighted by Gasteiger charge is -2.20. The molecule has 8 heteroatoms. The molecule has 6 nitrogen and oxygen atoms in total. The van der Waals surface area contributed by atoms with Crippen LogP contribution in [0.2, 0.25) is 5.02 Å². The molecule has 1 aliphatic heterocycles. The van der Waals surface area contributed by atoms with Gasteiger partial charge in [0, 0.05) is 24.4 Å². The smallest absolute Gasteiger partial charge is 0.266 e. The molecule has 0 aliphatic carbocycles. The van der Waals surface area contributed by atoms with Gasteiger partial charge in [-0.3, -0.25) is 9.59 Å². The van der Waals surface area contributed by atoms with E-state index in [1.807, 2.05) is 30.3 Å². The number of anilines is 1. The number of para-hydroxylation sites is 1. The first-order valence-electron chi connectivity index (χ1n) is 9.49. The Kier molecular flexibility index (Phi) is 5.40. The Hall–Kier alpha value is -3.03. The highest BCUT2D eigenvalue weighted by atomic mass is 35.5. The molecule has 1 aliphatic rings. The number of Topliss-reactive ketones (excluding diaryl/α,β-unsaturated/α-hetero) is 1. The summed E-state index contributed by atoms with van der Waals surface area (Å²) in [5.41, 5.74) is -0.227. The molecule has 30 heavy (non-hydrogen) atoms.